The highest BCUT2D eigenvalue weighted by molar-refractivity contribution is 6.11. The van der Waals surface area contributed by atoms with Crippen molar-refractivity contribution >= 4 is 22.6 Å². The van der Waals surface area contributed by atoms with Gasteiger partial charge in [-0.05, 0) is 18.2 Å². The van der Waals surface area contributed by atoms with Crippen LogP contribution in [0.1, 0.15) is 10.4 Å². The average molecular weight is 378 g/mol. The lowest BCUT2D eigenvalue weighted by molar-refractivity contribution is 0.102. The number of benzene rings is 1. The number of amides is 1. The van der Waals surface area contributed by atoms with Crippen molar-refractivity contribution in [3.05, 3.63) is 69.0 Å². The molecule has 0 saturated heterocycles. The Hall–Kier alpha value is -4.21. The fourth-order valence-electron chi connectivity index (χ4n) is 2.69. The number of carbonyl (C=O) groups excluding carboxylic acids is 1. The minimum atomic E-state index is -0.701. The van der Waals surface area contributed by atoms with E-state index in [9.17, 15) is 14.4 Å². The molecule has 4 N–H and O–H groups in total. The number of H-pyrrole nitrogens is 3. The molecule has 0 spiro atoms. The molecule has 4 rings (SSSR count). The van der Waals surface area contributed by atoms with E-state index in [1.54, 1.807) is 36.4 Å². The minimum absolute atomic E-state index is 0.0770. The van der Waals surface area contributed by atoms with E-state index in [0.29, 0.717) is 28.4 Å². The van der Waals surface area contributed by atoms with E-state index in [2.05, 4.69) is 25.3 Å². The van der Waals surface area contributed by atoms with E-state index in [0.717, 1.165) is 6.20 Å². The Kier molecular flexibility index (Phi) is 4.20. The van der Waals surface area contributed by atoms with Gasteiger partial charge in [0.15, 0.2) is 5.82 Å². The molecular formula is C18H14N6O4. The first-order valence-electron chi connectivity index (χ1n) is 8.18. The summed E-state index contributed by atoms with van der Waals surface area (Å²) < 4.78 is 5.12. The smallest absolute Gasteiger partial charge is 0.325 e. The van der Waals surface area contributed by atoms with E-state index < -0.39 is 17.2 Å². The van der Waals surface area contributed by atoms with Crippen molar-refractivity contribution in [3.8, 4) is 17.4 Å². The van der Waals surface area contributed by atoms with Crippen molar-refractivity contribution in [3.63, 3.8) is 0 Å². The number of imidazole rings is 1. The van der Waals surface area contributed by atoms with Gasteiger partial charge in [-0.15, -0.1) is 0 Å². The lowest BCUT2D eigenvalue weighted by Gasteiger charge is -2.04. The zero-order valence-corrected chi connectivity index (χ0v) is 14.6. The molecule has 3 heterocycles. The van der Waals surface area contributed by atoms with Gasteiger partial charge in [-0.3, -0.25) is 14.6 Å². The molecule has 10 heteroatoms. The van der Waals surface area contributed by atoms with Crippen LogP contribution in [-0.4, -0.2) is 37.9 Å². The number of nitrogens with one attached hydrogen (secondary N) is 4. The van der Waals surface area contributed by atoms with Crippen LogP contribution in [0.2, 0.25) is 0 Å². The van der Waals surface area contributed by atoms with Crippen molar-refractivity contribution in [2.75, 3.05) is 12.4 Å². The quantitative estimate of drug-likeness (QED) is 0.421. The van der Waals surface area contributed by atoms with Gasteiger partial charge in [0.1, 0.15) is 16.9 Å². The average Bonchev–Trinajstić information content (AvgIpc) is 3.14. The number of anilines is 1. The third-order valence-corrected chi connectivity index (χ3v) is 4.00. The van der Waals surface area contributed by atoms with Crippen molar-refractivity contribution in [2.24, 2.45) is 0 Å². The zero-order valence-electron chi connectivity index (χ0n) is 14.6. The Morgan fingerprint density at radius 1 is 1.07 bits per heavy atom. The van der Waals surface area contributed by atoms with Gasteiger partial charge >= 0.3 is 5.69 Å². The summed E-state index contributed by atoms with van der Waals surface area (Å²) in [6.07, 6.45) is 1.13. The topological polar surface area (TPSA) is 146 Å². The van der Waals surface area contributed by atoms with Gasteiger partial charge in [0, 0.05) is 12.3 Å². The maximum absolute atomic E-state index is 12.7. The molecular weight excluding hydrogens is 364 g/mol. The predicted octanol–water partition coefficient (Wildman–Crippen LogP) is 1.26. The van der Waals surface area contributed by atoms with E-state index in [1.807, 2.05) is 4.98 Å². The Bertz CT molecular complexity index is 1300. The molecule has 0 radical (unpaired) electrons. The van der Waals surface area contributed by atoms with Crippen LogP contribution < -0.4 is 21.3 Å². The van der Waals surface area contributed by atoms with Crippen LogP contribution in [0.4, 0.5) is 5.69 Å². The second-order valence-electron chi connectivity index (χ2n) is 5.79. The zero-order chi connectivity index (χ0) is 19.7. The first kappa shape index (κ1) is 17.2. The molecule has 1 aromatic carbocycles. The highest BCUT2D eigenvalue weighted by atomic mass is 16.5. The van der Waals surface area contributed by atoms with Crippen LogP contribution in [0.15, 0.2) is 52.2 Å². The van der Waals surface area contributed by atoms with E-state index in [1.165, 1.54) is 7.11 Å². The number of carbonyl (C=O) groups is 1. The molecule has 0 saturated carbocycles. The molecule has 3 aromatic heterocycles. The predicted molar refractivity (Wildman–Crippen MR) is 102 cm³/mol. The molecule has 0 aliphatic rings. The van der Waals surface area contributed by atoms with Gasteiger partial charge in [0.2, 0.25) is 5.88 Å². The van der Waals surface area contributed by atoms with Gasteiger partial charge in [0.25, 0.3) is 11.5 Å². The summed E-state index contributed by atoms with van der Waals surface area (Å²) in [7, 11) is 1.52. The van der Waals surface area contributed by atoms with Crippen LogP contribution >= 0.6 is 0 Å². The molecule has 0 bridgehead atoms. The fourth-order valence-corrected chi connectivity index (χ4v) is 2.69. The molecule has 0 aliphatic heterocycles. The van der Waals surface area contributed by atoms with E-state index in [4.69, 9.17) is 4.74 Å². The molecule has 28 heavy (non-hydrogen) atoms. The number of aromatic amines is 3. The fraction of sp³-hybridized carbons (Fsp3) is 0.0556. The Morgan fingerprint density at radius 2 is 1.89 bits per heavy atom. The number of aromatic nitrogens is 5. The van der Waals surface area contributed by atoms with Gasteiger partial charge in [-0.25, -0.2) is 14.8 Å². The second-order valence-corrected chi connectivity index (χ2v) is 5.79. The molecule has 0 unspecified atom stereocenters. The van der Waals surface area contributed by atoms with Gasteiger partial charge in [-0.1, -0.05) is 12.1 Å². The molecule has 140 valence electrons. The third-order valence-electron chi connectivity index (χ3n) is 4.00. The van der Waals surface area contributed by atoms with Crippen LogP contribution in [0, 0.1) is 0 Å². The largest absolute Gasteiger partial charge is 0.481 e. The minimum Gasteiger partial charge on any atom is -0.481 e. The molecule has 4 aromatic rings. The number of pyridine rings is 1. The maximum atomic E-state index is 12.7. The summed E-state index contributed by atoms with van der Waals surface area (Å²) in [6, 6.07) is 10.3. The lowest BCUT2D eigenvalue weighted by atomic mass is 10.1. The lowest BCUT2D eigenvalue weighted by Crippen LogP contribution is -2.26. The van der Waals surface area contributed by atoms with Crippen LogP contribution in [0.5, 0.6) is 5.88 Å². The molecule has 0 atom stereocenters. The number of hydrogen-bond donors (Lipinski definition) is 4. The van der Waals surface area contributed by atoms with Gasteiger partial charge < -0.3 is 20.0 Å². The maximum Gasteiger partial charge on any atom is 0.325 e. The summed E-state index contributed by atoms with van der Waals surface area (Å²) >= 11 is 0. The second kappa shape index (κ2) is 6.83. The first-order chi connectivity index (χ1) is 13.5. The highest BCUT2D eigenvalue weighted by Gasteiger charge is 2.16. The number of para-hydroxylation sites is 1. The summed E-state index contributed by atoms with van der Waals surface area (Å²) in [5, 5.41) is 2.47. The number of hydrogen-bond acceptors (Lipinski definition) is 6. The standard InChI is InChI=1S/C18H14N6O4/c1-28-13-7-3-6-11(20-13)15-21-10-5-2-4-9(14(10)23-15)16(25)22-12-8-19-18(27)24-17(12)26/h2-8H,1H3,(H,21,23)(H,22,25)(H2,19,24,26,27). The molecule has 0 fully saturated rings. The number of ether oxygens (including phenoxy) is 1. The Morgan fingerprint density at radius 3 is 2.68 bits per heavy atom. The van der Waals surface area contributed by atoms with Crippen molar-refractivity contribution < 1.29 is 9.53 Å². The number of methoxy groups -OCH3 is 1. The molecule has 0 aliphatic carbocycles. The summed E-state index contributed by atoms with van der Waals surface area (Å²) in [5.74, 6) is 0.365. The number of fused-ring (bicyclic) bond motifs is 1. The molecule has 10 nitrogen and oxygen atoms in total. The van der Waals surface area contributed by atoms with Gasteiger partial charge in [0.05, 0.1) is 18.2 Å². The van der Waals surface area contributed by atoms with E-state index >= 15 is 0 Å². The van der Waals surface area contributed by atoms with Crippen molar-refractivity contribution in [1.29, 1.82) is 0 Å². The summed E-state index contributed by atoms with van der Waals surface area (Å²) in [6.45, 7) is 0. The van der Waals surface area contributed by atoms with Crippen LogP contribution in [-0.2, 0) is 0 Å². The third kappa shape index (κ3) is 3.14. The Labute approximate surface area is 156 Å². The van der Waals surface area contributed by atoms with Crippen molar-refractivity contribution in [1.82, 2.24) is 24.9 Å². The normalized spacial score (nSPS) is 10.8. The highest BCUT2D eigenvalue weighted by Crippen LogP contribution is 2.23. The summed E-state index contributed by atoms with van der Waals surface area (Å²) in [4.78, 5) is 51.8. The SMILES string of the molecule is COc1cccc(-c2nc3c(C(=O)Nc4c[nH]c(=O)[nH]c4=O)cccc3[nH]2)n1. The van der Waals surface area contributed by atoms with Crippen molar-refractivity contribution in [2.45, 2.75) is 0 Å². The number of nitrogens with zero attached hydrogens (tertiary/aromatic N) is 2. The Balaban J connectivity index is 1.73. The molecule has 1 amide bonds. The monoisotopic (exact) mass is 378 g/mol. The van der Waals surface area contributed by atoms with E-state index in [-0.39, 0.29) is 11.3 Å². The first-order valence-corrected chi connectivity index (χ1v) is 8.18. The van der Waals surface area contributed by atoms with Crippen LogP contribution in [0.25, 0.3) is 22.6 Å². The van der Waals surface area contributed by atoms with Gasteiger partial charge in [-0.2, -0.15) is 0 Å². The number of rotatable bonds is 4. The summed E-state index contributed by atoms with van der Waals surface area (Å²) in [5.41, 5.74) is 0.419. The van der Waals surface area contributed by atoms with Crippen LogP contribution in [0.3, 0.4) is 0 Å².